The van der Waals surface area contributed by atoms with Crippen LogP contribution in [0.4, 0.5) is 0 Å². The standard InChI is InChI=1S/C14H26O2/c1-15-9-11-7-12-5-3-4-6-14(12)13(8-11)10-16-2/h11-14H,3-10H2,1-2H3/t11?,12?,13-,14?/m1/s1. The van der Waals surface area contributed by atoms with Crippen LogP contribution in [0.15, 0.2) is 0 Å². The summed E-state index contributed by atoms with van der Waals surface area (Å²) in [5.74, 6) is 3.48. The molecule has 0 N–H and O–H groups in total. The summed E-state index contributed by atoms with van der Waals surface area (Å²) in [5, 5.41) is 0. The molecule has 0 heterocycles. The largest absolute Gasteiger partial charge is 0.384 e. The second-order valence-electron chi connectivity index (χ2n) is 5.72. The first-order valence-electron chi connectivity index (χ1n) is 6.83. The lowest BCUT2D eigenvalue weighted by Crippen LogP contribution is -2.38. The molecule has 0 spiro atoms. The second kappa shape index (κ2) is 6.02. The van der Waals surface area contributed by atoms with Crippen molar-refractivity contribution in [1.29, 1.82) is 0 Å². The van der Waals surface area contributed by atoms with E-state index in [1.165, 1.54) is 38.5 Å². The molecule has 0 bridgehead atoms. The van der Waals surface area contributed by atoms with E-state index in [0.29, 0.717) is 0 Å². The van der Waals surface area contributed by atoms with Crippen molar-refractivity contribution < 1.29 is 9.47 Å². The van der Waals surface area contributed by atoms with Crippen LogP contribution in [0, 0.1) is 23.7 Å². The van der Waals surface area contributed by atoms with Crippen molar-refractivity contribution >= 4 is 0 Å². The predicted octanol–water partition coefficient (Wildman–Crippen LogP) is 3.11. The fourth-order valence-corrected chi connectivity index (χ4v) is 4.05. The van der Waals surface area contributed by atoms with Crippen molar-refractivity contribution in [3.63, 3.8) is 0 Å². The number of rotatable bonds is 4. The first-order chi connectivity index (χ1) is 7.85. The Hall–Kier alpha value is -0.0800. The average Bonchev–Trinajstić information content (AvgIpc) is 2.30. The van der Waals surface area contributed by atoms with E-state index >= 15 is 0 Å². The molecule has 0 radical (unpaired) electrons. The van der Waals surface area contributed by atoms with Crippen molar-refractivity contribution in [1.82, 2.24) is 0 Å². The minimum atomic E-state index is 0.782. The third kappa shape index (κ3) is 2.78. The van der Waals surface area contributed by atoms with Crippen molar-refractivity contribution in [3.8, 4) is 0 Å². The Kier molecular flexibility index (Phi) is 4.66. The zero-order valence-corrected chi connectivity index (χ0v) is 10.8. The van der Waals surface area contributed by atoms with Crippen LogP contribution in [0.1, 0.15) is 38.5 Å². The predicted molar refractivity (Wildman–Crippen MR) is 65.4 cm³/mol. The maximum atomic E-state index is 5.42. The van der Waals surface area contributed by atoms with Gasteiger partial charge in [0.2, 0.25) is 0 Å². The van der Waals surface area contributed by atoms with Crippen LogP contribution in [0.2, 0.25) is 0 Å². The lowest BCUT2D eigenvalue weighted by Gasteiger charge is -2.44. The highest BCUT2D eigenvalue weighted by molar-refractivity contribution is 4.88. The molecule has 94 valence electrons. The smallest absolute Gasteiger partial charge is 0.0493 e. The minimum absolute atomic E-state index is 0.782. The second-order valence-corrected chi connectivity index (χ2v) is 5.72. The maximum absolute atomic E-state index is 5.42. The molecule has 16 heavy (non-hydrogen) atoms. The number of fused-ring (bicyclic) bond motifs is 1. The summed E-state index contributed by atoms with van der Waals surface area (Å²) in [6, 6.07) is 0. The summed E-state index contributed by atoms with van der Waals surface area (Å²) in [6.45, 7) is 1.91. The summed E-state index contributed by atoms with van der Waals surface area (Å²) >= 11 is 0. The molecule has 3 unspecified atom stereocenters. The lowest BCUT2D eigenvalue weighted by atomic mass is 9.63. The van der Waals surface area contributed by atoms with Gasteiger partial charge in [0.15, 0.2) is 0 Å². The van der Waals surface area contributed by atoms with Crippen LogP contribution >= 0.6 is 0 Å². The molecule has 0 saturated heterocycles. The number of ether oxygens (including phenoxy) is 2. The van der Waals surface area contributed by atoms with Gasteiger partial charge >= 0.3 is 0 Å². The van der Waals surface area contributed by atoms with Gasteiger partial charge in [-0.25, -0.2) is 0 Å². The quantitative estimate of drug-likeness (QED) is 0.733. The number of hydrogen-bond donors (Lipinski definition) is 0. The Labute approximate surface area is 99.7 Å². The van der Waals surface area contributed by atoms with Crippen LogP contribution in [-0.2, 0) is 9.47 Å². The Morgan fingerprint density at radius 1 is 0.938 bits per heavy atom. The molecule has 2 nitrogen and oxygen atoms in total. The molecule has 2 aliphatic carbocycles. The fraction of sp³-hybridized carbons (Fsp3) is 1.00. The normalized spacial score (nSPS) is 39.4. The highest BCUT2D eigenvalue weighted by Gasteiger charge is 2.38. The number of methoxy groups -OCH3 is 2. The van der Waals surface area contributed by atoms with Crippen LogP contribution < -0.4 is 0 Å². The fourth-order valence-electron chi connectivity index (χ4n) is 4.05. The molecule has 2 heteroatoms. The van der Waals surface area contributed by atoms with Gasteiger partial charge in [0.25, 0.3) is 0 Å². The first-order valence-corrected chi connectivity index (χ1v) is 6.83. The van der Waals surface area contributed by atoms with Crippen molar-refractivity contribution in [2.45, 2.75) is 38.5 Å². The Balaban J connectivity index is 1.97. The van der Waals surface area contributed by atoms with E-state index in [0.717, 1.165) is 36.9 Å². The van der Waals surface area contributed by atoms with Gasteiger partial charge in [0, 0.05) is 27.4 Å². The first kappa shape index (κ1) is 12.4. The highest BCUT2D eigenvalue weighted by Crippen LogP contribution is 2.46. The third-order valence-corrected chi connectivity index (χ3v) is 4.63. The average molecular weight is 226 g/mol. The zero-order chi connectivity index (χ0) is 11.4. The molecule has 4 atom stereocenters. The molecule has 2 fully saturated rings. The van der Waals surface area contributed by atoms with Gasteiger partial charge < -0.3 is 9.47 Å². The lowest BCUT2D eigenvalue weighted by molar-refractivity contribution is -0.00380. The van der Waals surface area contributed by atoms with E-state index in [9.17, 15) is 0 Å². The van der Waals surface area contributed by atoms with Gasteiger partial charge in [-0.3, -0.25) is 0 Å². The Morgan fingerprint density at radius 2 is 1.69 bits per heavy atom. The summed E-state index contributed by atoms with van der Waals surface area (Å²) < 4.78 is 10.8. The van der Waals surface area contributed by atoms with Gasteiger partial charge in [-0.2, -0.15) is 0 Å². The van der Waals surface area contributed by atoms with Crippen molar-refractivity contribution in [2.24, 2.45) is 23.7 Å². The summed E-state index contributed by atoms with van der Waals surface area (Å²) in [6.07, 6.45) is 8.50. The molecule has 0 aliphatic heterocycles. The molecule has 2 saturated carbocycles. The van der Waals surface area contributed by atoms with Gasteiger partial charge in [-0.1, -0.05) is 19.3 Å². The van der Waals surface area contributed by atoms with Crippen LogP contribution in [0.3, 0.4) is 0 Å². The monoisotopic (exact) mass is 226 g/mol. The highest BCUT2D eigenvalue weighted by atomic mass is 16.5. The molecular weight excluding hydrogens is 200 g/mol. The minimum Gasteiger partial charge on any atom is -0.384 e. The molecule has 0 aromatic rings. The molecule has 0 aromatic carbocycles. The summed E-state index contributed by atoms with van der Waals surface area (Å²) in [5.41, 5.74) is 0. The third-order valence-electron chi connectivity index (χ3n) is 4.63. The van der Waals surface area contributed by atoms with E-state index < -0.39 is 0 Å². The topological polar surface area (TPSA) is 18.5 Å². The van der Waals surface area contributed by atoms with Crippen molar-refractivity contribution in [2.75, 3.05) is 27.4 Å². The van der Waals surface area contributed by atoms with Gasteiger partial charge in [0.05, 0.1) is 0 Å². The molecule has 0 amide bonds. The SMILES string of the molecule is COCC1CC2CCCCC2[C@@H](COC)C1. The zero-order valence-electron chi connectivity index (χ0n) is 10.8. The van der Waals surface area contributed by atoms with E-state index in [-0.39, 0.29) is 0 Å². The summed E-state index contributed by atoms with van der Waals surface area (Å²) in [7, 11) is 3.68. The Morgan fingerprint density at radius 3 is 2.44 bits per heavy atom. The van der Waals surface area contributed by atoms with Crippen LogP contribution in [0.25, 0.3) is 0 Å². The molecular formula is C14H26O2. The van der Waals surface area contributed by atoms with Crippen LogP contribution in [0.5, 0.6) is 0 Å². The van der Waals surface area contributed by atoms with Crippen molar-refractivity contribution in [3.05, 3.63) is 0 Å². The Bertz CT molecular complexity index is 205. The van der Waals surface area contributed by atoms with Gasteiger partial charge in [-0.05, 0) is 42.9 Å². The molecule has 0 aromatic heterocycles. The summed E-state index contributed by atoms with van der Waals surface area (Å²) in [4.78, 5) is 0. The van der Waals surface area contributed by atoms with Crippen LogP contribution in [-0.4, -0.2) is 27.4 Å². The number of hydrogen-bond acceptors (Lipinski definition) is 2. The molecule has 2 rings (SSSR count). The maximum Gasteiger partial charge on any atom is 0.0493 e. The van der Waals surface area contributed by atoms with E-state index in [2.05, 4.69) is 0 Å². The van der Waals surface area contributed by atoms with Gasteiger partial charge in [0.1, 0.15) is 0 Å². The molecule has 2 aliphatic rings. The van der Waals surface area contributed by atoms with Gasteiger partial charge in [-0.15, -0.1) is 0 Å². The van der Waals surface area contributed by atoms with E-state index in [4.69, 9.17) is 9.47 Å². The van der Waals surface area contributed by atoms with E-state index in [1.807, 2.05) is 14.2 Å². The van der Waals surface area contributed by atoms with E-state index in [1.54, 1.807) is 0 Å².